The Morgan fingerprint density at radius 2 is 1.13 bits per heavy atom. The van der Waals surface area contributed by atoms with E-state index in [4.69, 9.17) is 63.5 Å². The Bertz CT molecular complexity index is 4110. The Hall–Kier alpha value is -8.46. The largest absolute Gasteiger partial charge is 0.496 e. The molecule has 89 heavy (non-hydrogen) atoms. The molecule has 3 aliphatic heterocycles. The van der Waals surface area contributed by atoms with Gasteiger partial charge in [-0.2, -0.15) is 20.9 Å². The number of aromatic nitrogens is 9. The molecule has 3 aliphatic rings. The Labute approximate surface area is 523 Å². The number of hydrogen-bond acceptors (Lipinski definition) is 21. The van der Waals surface area contributed by atoms with Gasteiger partial charge in [0.25, 0.3) is 5.56 Å². The van der Waals surface area contributed by atoms with Crippen LogP contribution in [0.5, 0.6) is 17.6 Å². The third-order valence-electron chi connectivity index (χ3n) is 16.3. The van der Waals surface area contributed by atoms with Gasteiger partial charge in [0.15, 0.2) is 5.65 Å². The third kappa shape index (κ3) is 13.5. The van der Waals surface area contributed by atoms with E-state index in [9.17, 15) is 18.8 Å². The molecular weight excluding hydrogens is 1210 g/mol. The van der Waals surface area contributed by atoms with Crippen LogP contribution in [0.25, 0.3) is 39.1 Å². The number of halogens is 3. The van der Waals surface area contributed by atoms with E-state index < -0.39 is 55.6 Å². The summed E-state index contributed by atoms with van der Waals surface area (Å²) in [4.78, 5) is 39.1. The molecule has 7 aromatic heterocycles. The molecule has 23 nitrogen and oxygen atoms in total. The van der Waals surface area contributed by atoms with E-state index in [0.717, 1.165) is 20.5 Å². The fourth-order valence-electron chi connectivity index (χ4n) is 9.24. The van der Waals surface area contributed by atoms with Crippen LogP contribution in [0, 0.1) is 45.6 Å². The second-order valence-electron chi connectivity index (χ2n) is 23.7. The van der Waals surface area contributed by atoms with Crippen LogP contribution in [0.2, 0.25) is 0 Å². The Kier molecular flexibility index (Phi) is 19.1. The summed E-state index contributed by atoms with van der Waals surface area (Å²) in [5, 5.41) is 32.4. The maximum absolute atomic E-state index is 14.3. The molecule has 0 bridgehead atoms. The highest BCUT2D eigenvalue weighted by atomic mass is 79.9. The number of pyridine rings is 4. The molecule has 2 N–H and O–H groups in total. The molecule has 0 spiro atoms. The molecule has 10 heterocycles. The van der Waals surface area contributed by atoms with Crippen LogP contribution in [0.4, 0.5) is 14.6 Å². The lowest BCUT2D eigenvalue weighted by Crippen LogP contribution is -2.41. The predicted molar refractivity (Wildman–Crippen MR) is 331 cm³/mol. The standard InChI is InChI=1S/C28H19F2N9O2.C13H17BN2O3.C12H24B2O4.C7H5BrN2O/c1-14(23-21(15-4-3-5-18(29)9-15)28(40)38-12-19(30)6-7-20(38)36-23)39-26-22(25(32)34-13-35-26)24(37-39)17-8-16(10-31)27(41-2)33-11-17;1-12(2)13(3,4)19-14(18-12)10-6-9(7-15)11(17-5)16-8-10;1-9(2)10(3,4)16-13(15-9)14-17-11(5,6)12(7,8)18-14;1-11-7-5(3-9)2-6(8)4-10-7/h3-9,11-14H,1-2H3,(H2,32,34,35);6,8H,1-5H3;1-8H3;2,4H,1H3/t14-;;;/m1.../s1. The first-order valence-electron chi connectivity index (χ1n) is 27.8. The van der Waals surface area contributed by atoms with E-state index in [0.29, 0.717) is 45.2 Å². The second-order valence-corrected chi connectivity index (χ2v) is 24.6. The quantitative estimate of drug-likeness (QED) is 0.132. The maximum Gasteiger partial charge on any atom is 0.496 e. The van der Waals surface area contributed by atoms with Gasteiger partial charge in [0.1, 0.15) is 70.0 Å². The summed E-state index contributed by atoms with van der Waals surface area (Å²) < 4.78 is 82.5. The molecule has 1 aromatic carbocycles. The van der Waals surface area contributed by atoms with Crippen LogP contribution in [-0.2, 0) is 27.9 Å². The van der Waals surface area contributed by atoms with Crippen LogP contribution in [0.15, 0.2) is 95.0 Å². The van der Waals surface area contributed by atoms with Gasteiger partial charge in [-0.1, -0.05) is 12.1 Å². The van der Waals surface area contributed by atoms with E-state index in [1.54, 1.807) is 43.6 Å². The van der Waals surface area contributed by atoms with Crippen molar-refractivity contribution in [2.24, 2.45) is 0 Å². The van der Waals surface area contributed by atoms with Gasteiger partial charge >= 0.3 is 21.1 Å². The number of ether oxygens (including phenoxy) is 3. The molecule has 3 saturated heterocycles. The van der Waals surface area contributed by atoms with Crippen LogP contribution in [-0.4, -0.2) is 120 Å². The first-order valence-corrected chi connectivity index (χ1v) is 28.6. The molecular formula is C60H65B3BrF2N13O10. The van der Waals surface area contributed by atoms with Crippen molar-refractivity contribution in [3.8, 4) is 58.2 Å². The van der Waals surface area contributed by atoms with Gasteiger partial charge in [-0.3, -0.25) is 9.20 Å². The van der Waals surface area contributed by atoms with Crippen molar-refractivity contribution >= 4 is 65.0 Å². The van der Waals surface area contributed by atoms with E-state index >= 15 is 0 Å². The van der Waals surface area contributed by atoms with Gasteiger partial charge in [0, 0.05) is 40.3 Å². The minimum Gasteiger partial charge on any atom is -0.480 e. The minimum atomic E-state index is -0.761. The van der Waals surface area contributed by atoms with E-state index in [1.165, 1.54) is 68.9 Å². The highest BCUT2D eigenvalue weighted by molar-refractivity contribution is 9.10. The number of fused-ring (bicyclic) bond motifs is 2. The Balaban J connectivity index is 0.000000176. The van der Waals surface area contributed by atoms with Gasteiger partial charge in [-0.15, -0.1) is 0 Å². The second kappa shape index (κ2) is 25.6. The topological polar surface area (TPSA) is 297 Å². The van der Waals surface area contributed by atoms with Crippen molar-refractivity contribution in [3.05, 3.63) is 135 Å². The lowest BCUT2D eigenvalue weighted by Gasteiger charge is -2.32. The van der Waals surface area contributed by atoms with Crippen molar-refractivity contribution in [2.45, 2.75) is 130 Å². The van der Waals surface area contributed by atoms with Crippen molar-refractivity contribution < 1.29 is 50.9 Å². The molecule has 0 amide bonds. The average Bonchev–Trinajstić information content (AvgIpc) is 2.44. The zero-order valence-electron chi connectivity index (χ0n) is 52.1. The van der Waals surface area contributed by atoms with Crippen molar-refractivity contribution in [3.63, 3.8) is 0 Å². The SMILES string of the molecule is CC1(C)OB(B2OC(C)(C)C(C)(C)O2)OC1(C)C.COc1ncc(-c2nn([C@H](C)c3nc4ccc(F)cn4c(=O)c3-c3cccc(F)c3)c3ncnc(N)c23)cc1C#N.COc1ncc(B2OC(C)(C)C(C)(C)O2)cc1C#N.COc1ncc(Br)cc1C#N. The molecule has 3 fully saturated rings. The summed E-state index contributed by atoms with van der Waals surface area (Å²) in [6.07, 6.45) is 6.98. The highest BCUT2D eigenvalue weighted by Crippen LogP contribution is 2.44. The summed E-state index contributed by atoms with van der Waals surface area (Å²) in [6.45, 7) is 25.9. The summed E-state index contributed by atoms with van der Waals surface area (Å²) in [5.74, 6) is -0.247. The molecule has 11 rings (SSSR count). The fraction of sp³-hybridized carbons (Fsp3) is 0.383. The number of anilines is 1. The highest BCUT2D eigenvalue weighted by Gasteiger charge is 2.64. The van der Waals surface area contributed by atoms with Crippen LogP contribution < -0.4 is 31.0 Å². The van der Waals surface area contributed by atoms with Gasteiger partial charge in [0.05, 0.1) is 77.6 Å². The monoisotopic (exact) mass is 1280 g/mol. The number of nitriles is 3. The number of nitrogens with zero attached hydrogens (tertiary/aromatic N) is 12. The summed E-state index contributed by atoms with van der Waals surface area (Å²) in [5.41, 5.74) is 6.96. The van der Waals surface area contributed by atoms with Crippen LogP contribution in [0.3, 0.4) is 0 Å². The van der Waals surface area contributed by atoms with E-state index in [1.807, 2.05) is 95.2 Å². The molecule has 0 saturated carbocycles. The molecule has 29 heteroatoms. The predicted octanol–water partition coefficient (Wildman–Crippen LogP) is 9.15. The minimum absolute atomic E-state index is 0.0604. The first-order chi connectivity index (χ1) is 41.8. The maximum atomic E-state index is 14.3. The lowest BCUT2D eigenvalue weighted by molar-refractivity contribution is 0.00578. The van der Waals surface area contributed by atoms with Gasteiger partial charge in [0.2, 0.25) is 17.6 Å². The number of rotatable bonds is 9. The smallest absolute Gasteiger partial charge is 0.480 e. The van der Waals surface area contributed by atoms with Crippen molar-refractivity contribution in [2.75, 3.05) is 27.1 Å². The molecule has 0 aliphatic carbocycles. The Morgan fingerprint density at radius 3 is 1.66 bits per heavy atom. The number of methoxy groups -OCH3 is 3. The summed E-state index contributed by atoms with van der Waals surface area (Å²) in [6, 6.07) is 18.3. The van der Waals surface area contributed by atoms with Crippen LogP contribution in [0.1, 0.15) is 118 Å². The summed E-state index contributed by atoms with van der Waals surface area (Å²) >= 11 is 3.20. The van der Waals surface area contributed by atoms with Gasteiger partial charge in [-0.05, 0) is 154 Å². The van der Waals surface area contributed by atoms with Crippen molar-refractivity contribution in [1.29, 1.82) is 15.8 Å². The first kappa shape index (κ1) is 66.5. The fourth-order valence-corrected chi connectivity index (χ4v) is 9.58. The lowest BCUT2D eigenvalue weighted by atomic mass is 9.49. The van der Waals surface area contributed by atoms with E-state index in [2.05, 4.69) is 51.9 Å². The third-order valence-corrected chi connectivity index (χ3v) is 16.7. The summed E-state index contributed by atoms with van der Waals surface area (Å²) in [7, 11) is 2.90. The molecule has 8 aromatic rings. The van der Waals surface area contributed by atoms with Crippen LogP contribution >= 0.6 is 15.9 Å². The average molecular weight is 1280 g/mol. The number of nitrogens with two attached hydrogens (primary N) is 1. The number of hydrogen-bond donors (Lipinski definition) is 1. The zero-order chi connectivity index (χ0) is 65.3. The number of nitrogen functional groups attached to an aromatic ring is 1. The normalized spacial score (nSPS) is 17.4. The van der Waals surface area contributed by atoms with Gasteiger partial charge < -0.3 is 47.9 Å². The van der Waals surface area contributed by atoms with E-state index in [-0.39, 0.29) is 62.1 Å². The van der Waals surface area contributed by atoms with Crippen molar-refractivity contribution in [1.82, 2.24) is 44.1 Å². The molecule has 1 atom stereocenters. The molecule has 0 radical (unpaired) electrons. The Morgan fingerprint density at radius 1 is 0.629 bits per heavy atom. The zero-order valence-corrected chi connectivity index (χ0v) is 53.6. The molecule has 460 valence electrons. The van der Waals surface area contributed by atoms with Gasteiger partial charge in [-0.25, -0.2) is 43.4 Å². The number of benzene rings is 1. The molecule has 0 unspecified atom stereocenters.